The summed E-state index contributed by atoms with van der Waals surface area (Å²) in [7, 11) is 0. The van der Waals surface area contributed by atoms with Crippen LogP contribution < -0.4 is 5.32 Å². The predicted molar refractivity (Wildman–Crippen MR) is 43.2 cm³/mol. The van der Waals surface area contributed by atoms with Crippen LogP contribution in [-0.4, -0.2) is 23.5 Å². The standard InChI is InChI=1S/C8H9NO3/c1-2-3-6-9-7(10)4-5-8(11)12/h1,4-5H,3,6H2,(H,9,10)(H,11,12). The van der Waals surface area contributed by atoms with Crippen LogP contribution in [0.2, 0.25) is 0 Å². The minimum atomic E-state index is -1.15. The Labute approximate surface area is 70.3 Å². The molecule has 0 heterocycles. The number of hydrogen-bond donors (Lipinski definition) is 2. The Morgan fingerprint density at radius 1 is 1.50 bits per heavy atom. The zero-order valence-corrected chi connectivity index (χ0v) is 6.41. The first-order chi connectivity index (χ1) is 5.66. The van der Waals surface area contributed by atoms with E-state index in [4.69, 9.17) is 11.5 Å². The van der Waals surface area contributed by atoms with Gasteiger partial charge in [-0.1, -0.05) is 0 Å². The van der Waals surface area contributed by atoms with Crippen LogP contribution in [0.5, 0.6) is 0 Å². The van der Waals surface area contributed by atoms with Crippen LogP contribution in [-0.2, 0) is 9.59 Å². The van der Waals surface area contributed by atoms with Crippen LogP contribution in [0.15, 0.2) is 12.2 Å². The molecule has 4 heteroatoms. The Hall–Kier alpha value is -1.76. The van der Waals surface area contributed by atoms with E-state index in [1.807, 2.05) is 0 Å². The summed E-state index contributed by atoms with van der Waals surface area (Å²) in [5, 5.41) is 10.5. The quantitative estimate of drug-likeness (QED) is 0.345. The van der Waals surface area contributed by atoms with Gasteiger partial charge in [0.2, 0.25) is 5.91 Å². The summed E-state index contributed by atoms with van der Waals surface area (Å²) in [5.41, 5.74) is 0. The molecular formula is C8H9NO3. The molecule has 0 saturated carbocycles. The van der Waals surface area contributed by atoms with Gasteiger partial charge in [-0.15, -0.1) is 12.3 Å². The molecule has 0 aromatic heterocycles. The third-order valence-electron chi connectivity index (χ3n) is 0.946. The lowest BCUT2D eigenvalue weighted by molar-refractivity contribution is -0.131. The van der Waals surface area contributed by atoms with Gasteiger partial charge in [-0.25, -0.2) is 4.79 Å². The molecule has 1 amide bonds. The molecule has 0 aliphatic rings. The molecule has 0 bridgehead atoms. The molecule has 4 nitrogen and oxygen atoms in total. The largest absolute Gasteiger partial charge is 0.478 e. The summed E-state index contributed by atoms with van der Waals surface area (Å²) in [6.07, 6.45) is 7.07. The summed E-state index contributed by atoms with van der Waals surface area (Å²) >= 11 is 0. The van der Waals surface area contributed by atoms with Crippen molar-refractivity contribution in [2.75, 3.05) is 6.54 Å². The summed E-state index contributed by atoms with van der Waals surface area (Å²) in [6.45, 7) is 0.360. The lowest BCUT2D eigenvalue weighted by Gasteiger charge is -1.95. The molecule has 0 saturated heterocycles. The third-order valence-corrected chi connectivity index (χ3v) is 0.946. The van der Waals surface area contributed by atoms with Crippen molar-refractivity contribution in [3.8, 4) is 12.3 Å². The second kappa shape index (κ2) is 5.98. The number of amides is 1. The molecule has 0 aliphatic heterocycles. The van der Waals surface area contributed by atoms with E-state index in [9.17, 15) is 9.59 Å². The van der Waals surface area contributed by atoms with E-state index in [0.717, 1.165) is 12.2 Å². The molecular weight excluding hydrogens is 158 g/mol. The topological polar surface area (TPSA) is 66.4 Å². The van der Waals surface area contributed by atoms with Crippen LogP contribution >= 0.6 is 0 Å². The lowest BCUT2D eigenvalue weighted by Crippen LogP contribution is -2.21. The Bertz CT molecular complexity index is 237. The highest BCUT2D eigenvalue weighted by Gasteiger charge is 1.93. The van der Waals surface area contributed by atoms with Gasteiger partial charge in [0, 0.05) is 25.1 Å². The molecule has 0 aliphatic carbocycles. The Morgan fingerprint density at radius 2 is 2.17 bits per heavy atom. The number of aliphatic carboxylic acids is 1. The normalized spacial score (nSPS) is 9.25. The maximum absolute atomic E-state index is 10.7. The van der Waals surface area contributed by atoms with Crippen molar-refractivity contribution >= 4 is 11.9 Å². The van der Waals surface area contributed by atoms with Crippen molar-refractivity contribution < 1.29 is 14.7 Å². The van der Waals surface area contributed by atoms with Gasteiger partial charge < -0.3 is 10.4 Å². The fourth-order valence-corrected chi connectivity index (χ4v) is 0.464. The highest BCUT2D eigenvalue weighted by atomic mass is 16.4. The lowest BCUT2D eigenvalue weighted by atomic mass is 10.4. The molecule has 0 rings (SSSR count). The van der Waals surface area contributed by atoms with Crippen molar-refractivity contribution in [1.82, 2.24) is 5.32 Å². The van der Waals surface area contributed by atoms with Gasteiger partial charge in [0.25, 0.3) is 0 Å². The van der Waals surface area contributed by atoms with E-state index in [-0.39, 0.29) is 0 Å². The number of carboxylic acid groups (broad SMARTS) is 1. The summed E-state index contributed by atoms with van der Waals surface area (Å²) in [6, 6.07) is 0. The second-order valence-electron chi connectivity index (χ2n) is 1.92. The van der Waals surface area contributed by atoms with Crippen molar-refractivity contribution in [2.24, 2.45) is 0 Å². The zero-order valence-electron chi connectivity index (χ0n) is 6.41. The van der Waals surface area contributed by atoms with Crippen LogP contribution in [0.3, 0.4) is 0 Å². The summed E-state index contributed by atoms with van der Waals surface area (Å²) in [4.78, 5) is 20.6. The first kappa shape index (κ1) is 10.2. The predicted octanol–water partition coefficient (Wildman–Crippen LogP) is -0.233. The number of carbonyl (C=O) groups excluding carboxylic acids is 1. The van der Waals surface area contributed by atoms with Gasteiger partial charge in [0.15, 0.2) is 0 Å². The van der Waals surface area contributed by atoms with Gasteiger partial charge in [-0.05, 0) is 0 Å². The summed E-state index contributed by atoms with van der Waals surface area (Å²) < 4.78 is 0. The number of nitrogens with one attached hydrogen (secondary N) is 1. The fraction of sp³-hybridized carbons (Fsp3) is 0.250. The maximum atomic E-state index is 10.7. The Balaban J connectivity index is 3.61. The van der Waals surface area contributed by atoms with Crippen LogP contribution in [0.25, 0.3) is 0 Å². The summed E-state index contributed by atoms with van der Waals surface area (Å²) in [5.74, 6) is 0.731. The number of hydrogen-bond acceptors (Lipinski definition) is 2. The average Bonchev–Trinajstić information content (AvgIpc) is 2.01. The van der Waals surface area contributed by atoms with E-state index in [1.54, 1.807) is 0 Å². The Kier molecular flexibility index (Phi) is 5.11. The molecule has 0 unspecified atom stereocenters. The van der Waals surface area contributed by atoms with Gasteiger partial charge in [0.1, 0.15) is 0 Å². The second-order valence-corrected chi connectivity index (χ2v) is 1.92. The van der Waals surface area contributed by atoms with Crippen molar-refractivity contribution in [3.63, 3.8) is 0 Å². The minimum absolute atomic E-state index is 0.360. The van der Waals surface area contributed by atoms with Crippen LogP contribution in [0.4, 0.5) is 0 Å². The Morgan fingerprint density at radius 3 is 2.67 bits per heavy atom. The fourth-order valence-electron chi connectivity index (χ4n) is 0.464. The van der Waals surface area contributed by atoms with Crippen LogP contribution in [0.1, 0.15) is 6.42 Å². The van der Waals surface area contributed by atoms with Crippen LogP contribution in [0, 0.1) is 12.3 Å². The molecule has 0 aromatic rings. The van der Waals surface area contributed by atoms with Crippen molar-refractivity contribution in [1.29, 1.82) is 0 Å². The highest BCUT2D eigenvalue weighted by molar-refractivity contribution is 5.93. The van der Waals surface area contributed by atoms with E-state index >= 15 is 0 Å². The first-order valence-corrected chi connectivity index (χ1v) is 3.29. The molecule has 2 N–H and O–H groups in total. The first-order valence-electron chi connectivity index (χ1n) is 3.29. The maximum Gasteiger partial charge on any atom is 0.328 e. The smallest absolute Gasteiger partial charge is 0.328 e. The monoisotopic (exact) mass is 167 g/mol. The molecule has 0 radical (unpaired) electrons. The minimum Gasteiger partial charge on any atom is -0.478 e. The van der Waals surface area contributed by atoms with Crippen molar-refractivity contribution in [3.05, 3.63) is 12.2 Å². The molecule has 0 fully saturated rings. The van der Waals surface area contributed by atoms with E-state index in [1.165, 1.54) is 0 Å². The number of rotatable bonds is 4. The number of carbonyl (C=O) groups is 2. The molecule has 0 aromatic carbocycles. The zero-order chi connectivity index (χ0) is 9.40. The molecule has 0 spiro atoms. The third kappa shape index (κ3) is 6.36. The molecule has 64 valence electrons. The highest BCUT2D eigenvalue weighted by Crippen LogP contribution is 1.76. The SMILES string of the molecule is C#CCCNC(=O)C=CC(=O)O. The van der Waals surface area contributed by atoms with E-state index in [2.05, 4.69) is 11.2 Å². The molecule has 0 atom stereocenters. The van der Waals surface area contributed by atoms with Gasteiger partial charge in [0.05, 0.1) is 0 Å². The van der Waals surface area contributed by atoms with E-state index in [0.29, 0.717) is 13.0 Å². The average molecular weight is 167 g/mol. The molecule has 12 heavy (non-hydrogen) atoms. The van der Waals surface area contributed by atoms with Gasteiger partial charge >= 0.3 is 5.97 Å². The van der Waals surface area contributed by atoms with E-state index < -0.39 is 11.9 Å². The number of carboxylic acids is 1. The van der Waals surface area contributed by atoms with Crippen molar-refractivity contribution in [2.45, 2.75) is 6.42 Å². The number of terminal acetylenes is 1. The van der Waals surface area contributed by atoms with Gasteiger partial charge in [-0.3, -0.25) is 4.79 Å². The van der Waals surface area contributed by atoms with Gasteiger partial charge in [-0.2, -0.15) is 0 Å².